The van der Waals surface area contributed by atoms with Crippen LogP contribution in [0.2, 0.25) is 0 Å². The third-order valence-electron chi connectivity index (χ3n) is 4.91. The molecule has 27 heavy (non-hydrogen) atoms. The highest BCUT2D eigenvalue weighted by molar-refractivity contribution is 5.96. The number of nitrogens with zero attached hydrogens (tertiary/aromatic N) is 1. The minimum Gasteiger partial charge on any atom is -0.336 e. The molecule has 0 spiro atoms. The maximum Gasteiger partial charge on any atom is 0.0495 e. The van der Waals surface area contributed by atoms with Gasteiger partial charge in [0, 0.05) is 22.3 Å². The first-order valence-electron chi connectivity index (χ1n) is 9.47. The monoisotopic (exact) mass is 351 g/mol. The molecule has 0 atom stereocenters. The van der Waals surface area contributed by atoms with Crippen molar-refractivity contribution in [1.82, 2.24) is 0 Å². The van der Waals surface area contributed by atoms with Crippen molar-refractivity contribution in [2.24, 2.45) is 0 Å². The highest BCUT2D eigenvalue weighted by Gasteiger charge is 2.24. The van der Waals surface area contributed by atoms with Gasteiger partial charge in [-0.1, -0.05) is 78.9 Å². The van der Waals surface area contributed by atoms with Gasteiger partial charge in [0.25, 0.3) is 0 Å². The normalized spacial score (nSPS) is 11.5. The van der Waals surface area contributed by atoms with Crippen LogP contribution in [0.3, 0.4) is 0 Å². The van der Waals surface area contributed by atoms with Crippen molar-refractivity contribution >= 4 is 22.1 Å². The quantitative estimate of drug-likeness (QED) is 0.370. The maximum absolute atomic E-state index is 2.43. The zero-order valence-electron chi connectivity index (χ0n) is 16.2. The van der Waals surface area contributed by atoms with Crippen molar-refractivity contribution in [2.75, 3.05) is 4.90 Å². The van der Waals surface area contributed by atoms with E-state index in [4.69, 9.17) is 0 Å². The maximum atomic E-state index is 2.43. The molecule has 0 N–H and O–H groups in total. The van der Waals surface area contributed by atoms with Gasteiger partial charge in [0.2, 0.25) is 0 Å². The highest BCUT2D eigenvalue weighted by Crippen LogP contribution is 2.38. The van der Waals surface area contributed by atoms with Crippen molar-refractivity contribution in [3.8, 4) is 11.1 Å². The predicted octanol–water partition coefficient (Wildman–Crippen LogP) is 7.44. The third kappa shape index (κ3) is 3.46. The second kappa shape index (κ2) is 6.92. The van der Waals surface area contributed by atoms with Crippen LogP contribution in [0.4, 0.5) is 11.4 Å². The lowest BCUT2D eigenvalue weighted by molar-refractivity contribution is 0.561. The molecule has 1 nitrogen and oxygen atoms in total. The molecule has 4 rings (SSSR count). The van der Waals surface area contributed by atoms with E-state index in [9.17, 15) is 0 Å². The first kappa shape index (κ1) is 17.4. The van der Waals surface area contributed by atoms with Crippen LogP contribution in [0, 0.1) is 0 Å². The van der Waals surface area contributed by atoms with E-state index in [2.05, 4.69) is 123 Å². The van der Waals surface area contributed by atoms with E-state index in [1.54, 1.807) is 0 Å². The summed E-state index contributed by atoms with van der Waals surface area (Å²) in [6, 6.07) is 34.6. The highest BCUT2D eigenvalue weighted by atomic mass is 15.2. The summed E-state index contributed by atoms with van der Waals surface area (Å²) < 4.78 is 0. The van der Waals surface area contributed by atoms with Crippen LogP contribution in [-0.4, -0.2) is 5.54 Å². The number of rotatable bonds is 3. The van der Waals surface area contributed by atoms with Gasteiger partial charge in [-0.25, -0.2) is 0 Å². The number of benzene rings is 4. The molecule has 0 saturated carbocycles. The zero-order valence-corrected chi connectivity index (χ0v) is 16.2. The van der Waals surface area contributed by atoms with E-state index in [-0.39, 0.29) is 5.54 Å². The SMILES string of the molecule is CC(C)(C)N(c1ccc(-c2ccccc2)cc1)c1cccc2ccccc12. The van der Waals surface area contributed by atoms with Gasteiger partial charge >= 0.3 is 0 Å². The lowest BCUT2D eigenvalue weighted by atomic mass is 9.99. The Kier molecular flexibility index (Phi) is 4.45. The van der Waals surface area contributed by atoms with Gasteiger partial charge in [-0.05, 0) is 55.5 Å². The van der Waals surface area contributed by atoms with E-state index in [0.717, 1.165) is 0 Å². The molecular formula is C26H25N. The molecule has 0 aliphatic heterocycles. The smallest absolute Gasteiger partial charge is 0.0495 e. The predicted molar refractivity (Wildman–Crippen MR) is 118 cm³/mol. The van der Waals surface area contributed by atoms with Crippen LogP contribution in [0.15, 0.2) is 97.1 Å². The summed E-state index contributed by atoms with van der Waals surface area (Å²) in [4.78, 5) is 2.43. The largest absolute Gasteiger partial charge is 0.336 e. The van der Waals surface area contributed by atoms with E-state index < -0.39 is 0 Å². The Morgan fingerprint density at radius 1 is 0.556 bits per heavy atom. The molecule has 0 unspecified atom stereocenters. The summed E-state index contributed by atoms with van der Waals surface area (Å²) in [7, 11) is 0. The minimum absolute atomic E-state index is 0.0433. The summed E-state index contributed by atoms with van der Waals surface area (Å²) in [5.74, 6) is 0. The van der Waals surface area contributed by atoms with Crippen LogP contribution in [0.5, 0.6) is 0 Å². The van der Waals surface area contributed by atoms with E-state index in [1.165, 1.54) is 33.3 Å². The Bertz CT molecular complexity index is 1040. The van der Waals surface area contributed by atoms with Gasteiger partial charge in [0.15, 0.2) is 0 Å². The number of fused-ring (bicyclic) bond motifs is 1. The lowest BCUT2D eigenvalue weighted by Gasteiger charge is -2.38. The van der Waals surface area contributed by atoms with Gasteiger partial charge in [0.1, 0.15) is 0 Å². The van der Waals surface area contributed by atoms with Gasteiger partial charge < -0.3 is 4.90 Å². The molecule has 0 fully saturated rings. The van der Waals surface area contributed by atoms with Crippen molar-refractivity contribution in [2.45, 2.75) is 26.3 Å². The van der Waals surface area contributed by atoms with Crippen molar-refractivity contribution in [3.63, 3.8) is 0 Å². The molecule has 4 aromatic carbocycles. The van der Waals surface area contributed by atoms with Crippen molar-refractivity contribution < 1.29 is 0 Å². The first-order valence-corrected chi connectivity index (χ1v) is 9.47. The lowest BCUT2D eigenvalue weighted by Crippen LogP contribution is -2.37. The van der Waals surface area contributed by atoms with Crippen molar-refractivity contribution in [1.29, 1.82) is 0 Å². The Labute approximate surface area is 161 Å². The number of anilines is 2. The minimum atomic E-state index is -0.0433. The molecule has 0 aromatic heterocycles. The van der Waals surface area contributed by atoms with Crippen LogP contribution >= 0.6 is 0 Å². The molecule has 0 aliphatic rings. The third-order valence-corrected chi connectivity index (χ3v) is 4.91. The van der Waals surface area contributed by atoms with Gasteiger partial charge in [-0.3, -0.25) is 0 Å². The second-order valence-corrected chi connectivity index (χ2v) is 7.92. The molecule has 0 heterocycles. The van der Waals surface area contributed by atoms with Gasteiger partial charge in [-0.2, -0.15) is 0 Å². The molecule has 0 saturated heterocycles. The van der Waals surface area contributed by atoms with Gasteiger partial charge in [-0.15, -0.1) is 0 Å². The zero-order chi connectivity index (χ0) is 18.9. The van der Waals surface area contributed by atoms with E-state index >= 15 is 0 Å². The fourth-order valence-corrected chi connectivity index (χ4v) is 3.72. The van der Waals surface area contributed by atoms with Crippen LogP contribution in [0.25, 0.3) is 21.9 Å². The summed E-state index contributed by atoms with van der Waals surface area (Å²) in [5, 5.41) is 2.55. The van der Waals surface area contributed by atoms with Crippen LogP contribution < -0.4 is 4.90 Å². The average Bonchev–Trinajstić information content (AvgIpc) is 2.69. The molecule has 0 bridgehead atoms. The molecule has 1 heteroatoms. The molecule has 4 aromatic rings. The summed E-state index contributed by atoms with van der Waals surface area (Å²) in [6.45, 7) is 6.79. The Morgan fingerprint density at radius 3 is 1.85 bits per heavy atom. The molecule has 0 aliphatic carbocycles. The Hall–Kier alpha value is -3.06. The van der Waals surface area contributed by atoms with E-state index in [1.807, 2.05) is 0 Å². The molecule has 0 amide bonds. The topological polar surface area (TPSA) is 3.24 Å². The fraction of sp³-hybridized carbons (Fsp3) is 0.154. The fourth-order valence-electron chi connectivity index (χ4n) is 3.72. The first-order chi connectivity index (χ1) is 13.0. The summed E-state index contributed by atoms with van der Waals surface area (Å²) in [5.41, 5.74) is 4.90. The number of hydrogen-bond acceptors (Lipinski definition) is 1. The van der Waals surface area contributed by atoms with Gasteiger partial charge in [0.05, 0.1) is 0 Å². The summed E-state index contributed by atoms with van der Waals surface area (Å²) >= 11 is 0. The van der Waals surface area contributed by atoms with E-state index in [0.29, 0.717) is 0 Å². The van der Waals surface area contributed by atoms with Crippen LogP contribution in [-0.2, 0) is 0 Å². The summed E-state index contributed by atoms with van der Waals surface area (Å²) in [6.07, 6.45) is 0. The molecule has 0 radical (unpaired) electrons. The van der Waals surface area contributed by atoms with Crippen LogP contribution in [0.1, 0.15) is 20.8 Å². The molecule has 134 valence electrons. The Morgan fingerprint density at radius 2 is 1.15 bits per heavy atom. The molecular weight excluding hydrogens is 326 g/mol. The number of hydrogen-bond donors (Lipinski definition) is 0. The second-order valence-electron chi connectivity index (χ2n) is 7.92. The average molecular weight is 351 g/mol. The standard InChI is InChI=1S/C26H25N/c1-26(2,3)27(25-15-9-13-22-12-7-8-14-24(22)25)23-18-16-21(17-19-23)20-10-5-4-6-11-20/h4-19H,1-3H3. The van der Waals surface area contributed by atoms with Crippen molar-refractivity contribution in [3.05, 3.63) is 97.1 Å². The Balaban J connectivity index is 1.82.